The first-order valence-corrected chi connectivity index (χ1v) is 5.65. The van der Waals surface area contributed by atoms with Crippen LogP contribution in [0, 0.1) is 0 Å². The predicted octanol–water partition coefficient (Wildman–Crippen LogP) is -2.14. The number of carbonyl (C=O) groups excluding carboxylic acids is 2. The molecule has 0 bridgehead atoms. The van der Waals surface area contributed by atoms with Gasteiger partial charge in [-0.05, 0) is 13.0 Å². The number of quaternary nitrogens is 1. The number of halogens is 1. The molecule has 2 N–H and O–H groups in total. The fourth-order valence-corrected chi connectivity index (χ4v) is 0.827. The van der Waals surface area contributed by atoms with Gasteiger partial charge in [-0.1, -0.05) is 13.2 Å². The Balaban J connectivity index is -0.000000366. The van der Waals surface area contributed by atoms with Gasteiger partial charge in [0, 0.05) is 12.0 Å². The third kappa shape index (κ3) is 22.5. The zero-order valence-electron chi connectivity index (χ0n) is 12.2. The number of nitrogens with zero attached hydrogens (tertiary/aromatic N) is 1. The molecule has 0 fully saturated rings. The van der Waals surface area contributed by atoms with Crippen LogP contribution in [0.2, 0.25) is 0 Å². The smallest absolute Gasteiger partial charge is 0.333 e. The van der Waals surface area contributed by atoms with Gasteiger partial charge in [-0.15, -0.1) is 0 Å². The number of hydrogen-bond donors (Lipinski definition) is 1. The molecule has 0 rings (SSSR count). The van der Waals surface area contributed by atoms with Crippen LogP contribution >= 0.6 is 0 Å². The van der Waals surface area contributed by atoms with Gasteiger partial charge in [0.25, 0.3) is 0 Å². The van der Waals surface area contributed by atoms with E-state index in [1.807, 2.05) is 0 Å². The number of hydrogen-bond acceptors (Lipinski definition) is 3. The largest absolute Gasteiger partial charge is 1.00 e. The highest BCUT2D eigenvalue weighted by Gasteiger charge is 2.07. The van der Waals surface area contributed by atoms with Crippen molar-refractivity contribution in [3.8, 4) is 0 Å². The minimum Gasteiger partial charge on any atom is -1.00 e. The predicted molar refractivity (Wildman–Crippen MR) is 72.7 cm³/mol. The van der Waals surface area contributed by atoms with Crippen molar-refractivity contribution in [2.24, 2.45) is 5.73 Å². The van der Waals surface area contributed by atoms with E-state index in [1.165, 1.54) is 0 Å². The molecule has 0 atom stereocenters. The number of rotatable bonds is 6. The zero-order chi connectivity index (χ0) is 14.8. The van der Waals surface area contributed by atoms with Crippen molar-refractivity contribution >= 4 is 11.9 Å². The summed E-state index contributed by atoms with van der Waals surface area (Å²) in [6, 6.07) is 0. The molecule has 0 heterocycles. The summed E-state index contributed by atoms with van der Waals surface area (Å²) in [5.41, 5.74) is 5.00. The minimum atomic E-state index is -0.481. The van der Waals surface area contributed by atoms with Gasteiger partial charge in [-0.3, -0.25) is 4.79 Å². The Kier molecular flexibility index (Phi) is 14.4. The first-order valence-electron chi connectivity index (χ1n) is 5.65. The van der Waals surface area contributed by atoms with Gasteiger partial charge in [-0.25, -0.2) is 4.79 Å². The Morgan fingerprint density at radius 3 is 2.00 bits per heavy atom. The highest BCUT2D eigenvalue weighted by atomic mass is 79.9. The maximum Gasteiger partial charge on any atom is 0.333 e. The average molecular weight is 337 g/mol. The number of amides is 1. The van der Waals surface area contributed by atoms with Gasteiger partial charge in [0.15, 0.2) is 0 Å². The molecular weight excluding hydrogens is 312 g/mol. The molecule has 0 saturated carbocycles. The van der Waals surface area contributed by atoms with Gasteiger partial charge in [0.1, 0.15) is 0 Å². The lowest BCUT2D eigenvalue weighted by Crippen LogP contribution is -3.00. The molecule has 112 valence electrons. The third-order valence-corrected chi connectivity index (χ3v) is 1.76. The summed E-state index contributed by atoms with van der Waals surface area (Å²) < 4.78 is 5.84. The van der Waals surface area contributed by atoms with Crippen LogP contribution in [0.25, 0.3) is 0 Å². The van der Waals surface area contributed by atoms with Gasteiger partial charge >= 0.3 is 5.97 Å². The molecule has 0 saturated heterocycles. The van der Waals surface area contributed by atoms with Gasteiger partial charge in [-0.2, -0.15) is 0 Å². The zero-order valence-corrected chi connectivity index (χ0v) is 13.8. The molecule has 0 aliphatic heterocycles. The first kappa shape index (κ1) is 23.0. The van der Waals surface area contributed by atoms with Crippen LogP contribution in [-0.4, -0.2) is 50.7 Å². The topological polar surface area (TPSA) is 69.4 Å². The highest BCUT2D eigenvalue weighted by molar-refractivity contribution is 5.86. The van der Waals surface area contributed by atoms with Gasteiger partial charge < -0.3 is 31.9 Å². The third-order valence-electron chi connectivity index (χ3n) is 1.76. The first-order chi connectivity index (χ1) is 8.10. The summed E-state index contributed by atoms with van der Waals surface area (Å²) in [5.74, 6) is -0.772. The van der Waals surface area contributed by atoms with Crippen molar-refractivity contribution in [3.05, 3.63) is 24.8 Å². The maximum atomic E-state index is 10.9. The molecule has 19 heavy (non-hydrogen) atoms. The van der Waals surface area contributed by atoms with Crippen LogP contribution in [0.4, 0.5) is 0 Å². The maximum absolute atomic E-state index is 10.9. The Morgan fingerprint density at radius 2 is 1.74 bits per heavy atom. The molecule has 0 spiro atoms. The molecule has 0 radical (unpaired) electrons. The van der Waals surface area contributed by atoms with Crippen molar-refractivity contribution in [3.63, 3.8) is 0 Å². The molecule has 0 aromatic heterocycles. The molecule has 0 aliphatic carbocycles. The summed E-state index contributed by atoms with van der Waals surface area (Å²) in [5, 5.41) is 0. The van der Waals surface area contributed by atoms with Crippen LogP contribution < -0.4 is 22.7 Å². The van der Waals surface area contributed by atoms with Crippen molar-refractivity contribution < 1.29 is 35.8 Å². The summed E-state index contributed by atoms with van der Waals surface area (Å²) >= 11 is 0. The van der Waals surface area contributed by atoms with E-state index in [2.05, 4.69) is 40.0 Å². The fourth-order valence-electron chi connectivity index (χ4n) is 0.827. The molecule has 1 amide bonds. The summed E-state index contributed by atoms with van der Waals surface area (Å²) in [7, 11) is 6.34. The number of nitrogens with two attached hydrogens (primary N) is 1. The quantitative estimate of drug-likeness (QED) is 0.260. The lowest BCUT2D eigenvalue weighted by Gasteiger charge is -2.23. The number of primary amides is 1. The molecule has 0 aromatic rings. The summed E-state index contributed by atoms with van der Waals surface area (Å²) in [6.07, 6.45) is 1.95. The molecule has 5 nitrogen and oxygen atoms in total. The van der Waals surface area contributed by atoms with Crippen molar-refractivity contribution in [2.75, 3.05) is 34.3 Å². The molecule has 6 heteroatoms. The van der Waals surface area contributed by atoms with Gasteiger partial charge in [0.2, 0.25) is 5.91 Å². The standard InChI is InChI=1S/C10H20NO2.C3H5NO.BrH/c1-9(2)10(12)13-8-6-7-11(3,4)5;1-2-3(4)5;/h1,6-8H2,2-5H3;2H,1H2,(H2,4,5);1H/q+1;;/p-1. The van der Waals surface area contributed by atoms with Crippen molar-refractivity contribution in [1.29, 1.82) is 0 Å². The van der Waals surface area contributed by atoms with E-state index in [4.69, 9.17) is 4.74 Å². The van der Waals surface area contributed by atoms with E-state index >= 15 is 0 Å². The monoisotopic (exact) mass is 336 g/mol. The van der Waals surface area contributed by atoms with Crippen LogP contribution in [0.15, 0.2) is 24.8 Å². The van der Waals surface area contributed by atoms with Crippen molar-refractivity contribution in [2.45, 2.75) is 13.3 Å². The lowest BCUT2D eigenvalue weighted by molar-refractivity contribution is -0.870. The second-order valence-electron chi connectivity index (χ2n) is 4.89. The summed E-state index contributed by atoms with van der Waals surface area (Å²) in [4.78, 5) is 20.4. The van der Waals surface area contributed by atoms with Crippen LogP contribution in [0.5, 0.6) is 0 Å². The highest BCUT2D eigenvalue weighted by Crippen LogP contribution is 1.97. The van der Waals surface area contributed by atoms with E-state index in [9.17, 15) is 9.59 Å². The normalized spacial score (nSPS) is 9.26. The fraction of sp³-hybridized carbons (Fsp3) is 0.538. The second kappa shape index (κ2) is 11.9. The van der Waals surface area contributed by atoms with Crippen molar-refractivity contribution in [1.82, 2.24) is 0 Å². The number of esters is 1. The number of ether oxygens (including phenoxy) is 1. The second-order valence-corrected chi connectivity index (χ2v) is 4.89. The molecule has 0 unspecified atom stereocenters. The lowest BCUT2D eigenvalue weighted by atomic mass is 10.3. The van der Waals surface area contributed by atoms with E-state index in [0.29, 0.717) is 12.2 Å². The number of carbonyl (C=O) groups is 2. The Hall–Kier alpha value is -1.14. The van der Waals surface area contributed by atoms with Gasteiger partial charge in [0.05, 0.1) is 34.3 Å². The van der Waals surface area contributed by atoms with Crippen LogP contribution in [-0.2, 0) is 14.3 Å². The minimum absolute atomic E-state index is 0. The van der Waals surface area contributed by atoms with E-state index in [0.717, 1.165) is 23.5 Å². The Morgan fingerprint density at radius 1 is 1.32 bits per heavy atom. The SMILES string of the molecule is C=C(C)C(=O)OCCC[N+](C)(C)C.C=CC(N)=O.[Br-]. The van der Waals surface area contributed by atoms with E-state index < -0.39 is 5.91 Å². The van der Waals surface area contributed by atoms with Crippen LogP contribution in [0.3, 0.4) is 0 Å². The molecule has 0 aromatic carbocycles. The Bertz CT molecular complexity index is 310. The molecule has 0 aliphatic rings. The Labute approximate surface area is 126 Å². The van der Waals surface area contributed by atoms with E-state index in [1.54, 1.807) is 6.92 Å². The molecular formula is C13H25BrN2O3. The van der Waals surface area contributed by atoms with E-state index in [-0.39, 0.29) is 23.0 Å². The average Bonchev–Trinajstić information content (AvgIpc) is 2.23. The summed E-state index contributed by atoms with van der Waals surface area (Å²) in [6.45, 7) is 9.74. The van der Waals surface area contributed by atoms with Crippen LogP contribution in [0.1, 0.15) is 13.3 Å².